The molecule has 1 aromatic heterocycles. The Bertz CT molecular complexity index is 766. The molecule has 0 radical (unpaired) electrons. The van der Waals surface area contributed by atoms with E-state index in [0.29, 0.717) is 5.56 Å². The van der Waals surface area contributed by atoms with Crippen molar-refractivity contribution < 1.29 is 0 Å². The zero-order valence-electron chi connectivity index (χ0n) is 11.2. The van der Waals surface area contributed by atoms with Crippen LogP contribution in [0, 0.1) is 11.3 Å². The summed E-state index contributed by atoms with van der Waals surface area (Å²) >= 11 is 1.79. The van der Waals surface area contributed by atoms with Gasteiger partial charge in [-0.05, 0) is 46.7 Å². The number of hydrogen-bond donors (Lipinski definition) is 0. The maximum absolute atomic E-state index is 8.83. The first-order chi connectivity index (χ1) is 9.78. The van der Waals surface area contributed by atoms with E-state index in [-0.39, 0.29) is 0 Å². The zero-order chi connectivity index (χ0) is 13.9. The second-order valence-corrected chi connectivity index (χ2v) is 5.68. The van der Waals surface area contributed by atoms with Gasteiger partial charge in [0.25, 0.3) is 0 Å². The third-order valence-corrected chi connectivity index (χ3v) is 4.42. The van der Waals surface area contributed by atoms with Crippen LogP contribution in [0.3, 0.4) is 0 Å². The Balaban J connectivity index is 1.84. The van der Waals surface area contributed by atoms with Crippen molar-refractivity contribution in [1.82, 2.24) is 0 Å². The summed E-state index contributed by atoms with van der Waals surface area (Å²) in [5, 5.41) is 12.4. The fourth-order valence-corrected chi connectivity index (χ4v) is 3.25. The van der Waals surface area contributed by atoms with Crippen LogP contribution in [-0.2, 0) is 6.54 Å². The highest BCUT2D eigenvalue weighted by Crippen LogP contribution is 2.27. The highest BCUT2D eigenvalue weighted by Gasteiger charge is 2.07. The molecule has 0 unspecified atom stereocenters. The third kappa shape index (κ3) is 2.38. The molecule has 98 valence electrons. The maximum atomic E-state index is 8.83. The van der Waals surface area contributed by atoms with Crippen molar-refractivity contribution in [3.8, 4) is 6.07 Å². The van der Waals surface area contributed by atoms with Crippen LogP contribution in [-0.4, -0.2) is 7.05 Å². The fourth-order valence-electron chi connectivity index (χ4n) is 2.29. The van der Waals surface area contributed by atoms with Gasteiger partial charge in [-0.2, -0.15) is 5.26 Å². The minimum absolute atomic E-state index is 0.697. The Morgan fingerprint density at radius 1 is 1.10 bits per heavy atom. The molecular weight excluding hydrogens is 264 g/mol. The lowest BCUT2D eigenvalue weighted by Crippen LogP contribution is -2.15. The van der Waals surface area contributed by atoms with Gasteiger partial charge < -0.3 is 4.90 Å². The molecule has 0 N–H and O–H groups in total. The summed E-state index contributed by atoms with van der Waals surface area (Å²) in [5.41, 5.74) is 3.17. The molecule has 0 saturated heterocycles. The lowest BCUT2D eigenvalue weighted by atomic mass is 10.1. The van der Waals surface area contributed by atoms with Crippen LogP contribution in [0.5, 0.6) is 0 Å². The van der Waals surface area contributed by atoms with E-state index in [9.17, 15) is 0 Å². The molecule has 1 heterocycles. The van der Waals surface area contributed by atoms with E-state index >= 15 is 0 Å². The van der Waals surface area contributed by atoms with Crippen molar-refractivity contribution in [1.29, 1.82) is 5.26 Å². The predicted molar refractivity (Wildman–Crippen MR) is 85.1 cm³/mol. The first kappa shape index (κ1) is 12.7. The monoisotopic (exact) mass is 278 g/mol. The summed E-state index contributed by atoms with van der Waals surface area (Å²) in [4.78, 5) is 2.20. The van der Waals surface area contributed by atoms with Gasteiger partial charge >= 0.3 is 0 Å². The summed E-state index contributed by atoms with van der Waals surface area (Å²) in [5.74, 6) is 0. The first-order valence-electron chi connectivity index (χ1n) is 6.44. The first-order valence-corrected chi connectivity index (χ1v) is 7.32. The molecule has 0 aliphatic heterocycles. The van der Waals surface area contributed by atoms with Gasteiger partial charge in [-0.3, -0.25) is 0 Å². The minimum atomic E-state index is 0.697. The molecule has 0 fully saturated rings. The fraction of sp³-hybridized carbons (Fsp3) is 0.118. The van der Waals surface area contributed by atoms with Crippen LogP contribution in [0.2, 0.25) is 0 Å². The van der Waals surface area contributed by atoms with Gasteiger partial charge in [0.05, 0.1) is 11.6 Å². The molecular formula is C17H14N2S. The highest BCUT2D eigenvalue weighted by atomic mass is 32.1. The van der Waals surface area contributed by atoms with E-state index in [0.717, 1.165) is 12.2 Å². The maximum Gasteiger partial charge on any atom is 0.0991 e. The van der Waals surface area contributed by atoms with Gasteiger partial charge in [-0.15, -0.1) is 11.3 Å². The number of nitriles is 1. The third-order valence-electron chi connectivity index (χ3n) is 3.41. The van der Waals surface area contributed by atoms with Crippen LogP contribution >= 0.6 is 11.3 Å². The molecule has 3 heteroatoms. The summed E-state index contributed by atoms with van der Waals surface area (Å²) < 4.78 is 1.33. The molecule has 0 amide bonds. The second kappa shape index (κ2) is 5.36. The minimum Gasteiger partial charge on any atom is -0.370 e. The Hall–Kier alpha value is -2.31. The smallest absolute Gasteiger partial charge is 0.0991 e. The Morgan fingerprint density at radius 3 is 2.60 bits per heavy atom. The Morgan fingerprint density at radius 2 is 1.85 bits per heavy atom. The molecule has 0 aliphatic carbocycles. The average Bonchev–Trinajstić information content (AvgIpc) is 2.91. The number of thiophene rings is 1. The SMILES string of the molecule is CN(Cc1csc2ccccc12)c1ccc(C#N)cc1. The number of benzene rings is 2. The van der Waals surface area contributed by atoms with Gasteiger partial charge in [0, 0.05) is 24.0 Å². The molecule has 0 aliphatic rings. The number of anilines is 1. The van der Waals surface area contributed by atoms with Crippen LogP contribution in [0.15, 0.2) is 53.9 Å². The number of hydrogen-bond acceptors (Lipinski definition) is 3. The van der Waals surface area contributed by atoms with Crippen molar-refractivity contribution in [2.24, 2.45) is 0 Å². The summed E-state index contributed by atoms with van der Waals surface area (Å²) in [7, 11) is 2.08. The molecule has 0 spiro atoms. The molecule has 2 nitrogen and oxygen atoms in total. The number of nitrogens with zero attached hydrogens (tertiary/aromatic N) is 2. The quantitative estimate of drug-likeness (QED) is 0.709. The molecule has 2 aromatic carbocycles. The van der Waals surface area contributed by atoms with E-state index in [2.05, 4.69) is 47.7 Å². The van der Waals surface area contributed by atoms with Gasteiger partial charge in [0.1, 0.15) is 0 Å². The van der Waals surface area contributed by atoms with Crippen LogP contribution in [0.4, 0.5) is 5.69 Å². The van der Waals surface area contributed by atoms with Crippen molar-refractivity contribution >= 4 is 27.1 Å². The van der Waals surface area contributed by atoms with E-state index in [4.69, 9.17) is 5.26 Å². The predicted octanol–water partition coefficient (Wildman–Crippen LogP) is 4.41. The van der Waals surface area contributed by atoms with E-state index < -0.39 is 0 Å². The molecule has 20 heavy (non-hydrogen) atoms. The van der Waals surface area contributed by atoms with Gasteiger partial charge in [-0.25, -0.2) is 0 Å². The summed E-state index contributed by atoms with van der Waals surface area (Å²) in [6.45, 7) is 0.871. The average molecular weight is 278 g/mol. The number of fused-ring (bicyclic) bond motifs is 1. The van der Waals surface area contributed by atoms with Gasteiger partial charge in [0.15, 0.2) is 0 Å². The Labute approximate surface area is 122 Å². The standard InChI is InChI=1S/C17H14N2S/c1-19(15-8-6-13(10-18)7-9-15)11-14-12-20-17-5-3-2-4-16(14)17/h2-9,12H,11H2,1H3. The van der Waals surface area contributed by atoms with Crippen LogP contribution < -0.4 is 4.90 Å². The lowest BCUT2D eigenvalue weighted by Gasteiger charge is -2.19. The van der Waals surface area contributed by atoms with Gasteiger partial charge in [0.2, 0.25) is 0 Å². The molecule has 3 rings (SSSR count). The van der Waals surface area contributed by atoms with Crippen molar-refractivity contribution in [3.05, 3.63) is 65.0 Å². The van der Waals surface area contributed by atoms with E-state index in [1.54, 1.807) is 11.3 Å². The molecule has 0 bridgehead atoms. The number of rotatable bonds is 3. The molecule has 0 atom stereocenters. The second-order valence-electron chi connectivity index (χ2n) is 4.77. The van der Waals surface area contributed by atoms with Crippen molar-refractivity contribution in [3.63, 3.8) is 0 Å². The van der Waals surface area contributed by atoms with Crippen LogP contribution in [0.25, 0.3) is 10.1 Å². The van der Waals surface area contributed by atoms with Crippen LogP contribution in [0.1, 0.15) is 11.1 Å². The highest BCUT2D eigenvalue weighted by molar-refractivity contribution is 7.17. The lowest BCUT2D eigenvalue weighted by molar-refractivity contribution is 0.934. The topological polar surface area (TPSA) is 27.0 Å². The van der Waals surface area contributed by atoms with E-state index in [1.165, 1.54) is 15.6 Å². The summed E-state index contributed by atoms with van der Waals surface area (Å²) in [6.07, 6.45) is 0. The zero-order valence-corrected chi connectivity index (χ0v) is 12.0. The molecule has 0 saturated carbocycles. The summed E-state index contributed by atoms with van der Waals surface area (Å²) in [6, 6.07) is 18.3. The van der Waals surface area contributed by atoms with Gasteiger partial charge in [-0.1, -0.05) is 18.2 Å². The Kier molecular flexibility index (Phi) is 3.41. The molecule has 3 aromatic rings. The van der Waals surface area contributed by atoms with Crippen molar-refractivity contribution in [2.45, 2.75) is 6.54 Å². The van der Waals surface area contributed by atoms with Crippen molar-refractivity contribution in [2.75, 3.05) is 11.9 Å². The van der Waals surface area contributed by atoms with E-state index in [1.807, 2.05) is 24.3 Å². The normalized spacial score (nSPS) is 10.4. The largest absolute Gasteiger partial charge is 0.370 e.